The van der Waals surface area contributed by atoms with Crippen LogP contribution in [0.5, 0.6) is 0 Å². The molecule has 1 atom stereocenters. The van der Waals surface area contributed by atoms with E-state index in [2.05, 4.69) is 5.32 Å². The van der Waals surface area contributed by atoms with E-state index in [0.29, 0.717) is 5.56 Å². The van der Waals surface area contributed by atoms with Crippen LogP contribution >= 0.6 is 11.6 Å². The van der Waals surface area contributed by atoms with E-state index in [1.54, 1.807) is 11.9 Å². The van der Waals surface area contributed by atoms with E-state index in [1.165, 1.54) is 18.2 Å². The Morgan fingerprint density at radius 2 is 2.33 bits per heavy atom. The topological polar surface area (TPSA) is 32.3 Å². The molecule has 18 heavy (non-hydrogen) atoms. The fraction of sp³-hybridized carbons (Fsp3) is 0.462. The summed E-state index contributed by atoms with van der Waals surface area (Å²) in [5.41, 5.74) is 0.425. The standard InChI is InChI=1S/C13H16ClFN2O/c1-17(10-3-2-6-16-8-10)13(18)9-4-5-12(15)11(14)7-9/h4-5,7,10,16H,2-3,6,8H2,1H3. The summed E-state index contributed by atoms with van der Waals surface area (Å²) in [5, 5.41) is 3.25. The van der Waals surface area contributed by atoms with Crippen molar-refractivity contribution in [2.75, 3.05) is 20.1 Å². The van der Waals surface area contributed by atoms with Crippen molar-refractivity contribution in [3.63, 3.8) is 0 Å². The van der Waals surface area contributed by atoms with Gasteiger partial charge in [0, 0.05) is 25.2 Å². The minimum Gasteiger partial charge on any atom is -0.337 e. The number of hydrogen-bond acceptors (Lipinski definition) is 2. The third kappa shape index (κ3) is 2.82. The van der Waals surface area contributed by atoms with Crippen molar-refractivity contribution in [1.29, 1.82) is 0 Å². The molecule has 1 heterocycles. The molecule has 5 heteroatoms. The minimum absolute atomic E-state index is 0.0176. The summed E-state index contributed by atoms with van der Waals surface area (Å²) in [6, 6.07) is 4.26. The average Bonchev–Trinajstić information content (AvgIpc) is 2.41. The summed E-state index contributed by atoms with van der Waals surface area (Å²) in [4.78, 5) is 13.9. The lowest BCUT2D eigenvalue weighted by Gasteiger charge is -2.31. The summed E-state index contributed by atoms with van der Waals surface area (Å²) < 4.78 is 13.1. The van der Waals surface area contributed by atoms with Crippen LogP contribution in [0.3, 0.4) is 0 Å². The van der Waals surface area contributed by atoms with Crippen LogP contribution in [-0.4, -0.2) is 37.0 Å². The van der Waals surface area contributed by atoms with Crippen molar-refractivity contribution in [2.24, 2.45) is 0 Å². The third-order valence-electron chi connectivity index (χ3n) is 3.31. The molecule has 1 aliphatic rings. The Labute approximate surface area is 111 Å². The molecule has 0 saturated carbocycles. The maximum absolute atomic E-state index is 13.1. The lowest BCUT2D eigenvalue weighted by molar-refractivity contribution is 0.0708. The van der Waals surface area contributed by atoms with Gasteiger partial charge < -0.3 is 10.2 Å². The number of nitrogens with one attached hydrogen (secondary N) is 1. The lowest BCUT2D eigenvalue weighted by Crippen LogP contribution is -2.46. The molecule has 1 fully saturated rings. The molecule has 1 N–H and O–H groups in total. The van der Waals surface area contributed by atoms with Crippen molar-refractivity contribution >= 4 is 17.5 Å². The first kappa shape index (κ1) is 13.3. The van der Waals surface area contributed by atoms with Gasteiger partial charge in [0.05, 0.1) is 5.02 Å². The molecule has 3 nitrogen and oxygen atoms in total. The first-order chi connectivity index (χ1) is 8.59. The van der Waals surface area contributed by atoms with Crippen LogP contribution < -0.4 is 5.32 Å². The van der Waals surface area contributed by atoms with Gasteiger partial charge in [0.15, 0.2) is 0 Å². The molecule has 1 unspecified atom stereocenters. The highest BCUT2D eigenvalue weighted by Crippen LogP contribution is 2.18. The van der Waals surface area contributed by atoms with Crippen molar-refractivity contribution in [3.8, 4) is 0 Å². The zero-order valence-corrected chi connectivity index (χ0v) is 11.0. The van der Waals surface area contributed by atoms with Crippen LogP contribution in [0.1, 0.15) is 23.2 Å². The van der Waals surface area contributed by atoms with Crippen molar-refractivity contribution < 1.29 is 9.18 Å². The molecule has 98 valence electrons. The Bertz CT molecular complexity index is 447. The molecule has 1 saturated heterocycles. The third-order valence-corrected chi connectivity index (χ3v) is 3.60. The minimum atomic E-state index is -0.504. The van der Waals surface area contributed by atoms with Gasteiger partial charge in [-0.15, -0.1) is 0 Å². The molecule has 1 aromatic carbocycles. The first-order valence-electron chi connectivity index (χ1n) is 6.02. The molecule has 0 aliphatic carbocycles. The molecule has 0 radical (unpaired) electrons. The fourth-order valence-corrected chi connectivity index (χ4v) is 2.34. The van der Waals surface area contributed by atoms with Crippen LogP contribution in [0, 0.1) is 5.82 Å². The van der Waals surface area contributed by atoms with Gasteiger partial charge in [-0.1, -0.05) is 11.6 Å². The summed E-state index contributed by atoms with van der Waals surface area (Å²) in [5.74, 6) is -0.624. The Balaban J connectivity index is 2.11. The number of rotatable bonds is 2. The molecule has 1 amide bonds. The van der Waals surface area contributed by atoms with Gasteiger partial charge >= 0.3 is 0 Å². The molecule has 1 aromatic rings. The second-order valence-corrected chi connectivity index (χ2v) is 4.95. The molecular formula is C13H16ClFN2O. The van der Waals surface area contributed by atoms with Gasteiger partial charge in [-0.05, 0) is 37.6 Å². The fourth-order valence-electron chi connectivity index (χ4n) is 2.16. The van der Waals surface area contributed by atoms with E-state index in [4.69, 9.17) is 11.6 Å². The molecular weight excluding hydrogens is 255 g/mol. The van der Waals surface area contributed by atoms with E-state index in [1.807, 2.05) is 0 Å². The average molecular weight is 271 g/mol. The zero-order valence-electron chi connectivity index (χ0n) is 10.2. The summed E-state index contributed by atoms with van der Waals surface area (Å²) >= 11 is 5.69. The second-order valence-electron chi connectivity index (χ2n) is 4.55. The predicted octanol–water partition coefficient (Wildman–Crippen LogP) is 2.30. The Morgan fingerprint density at radius 3 is 2.94 bits per heavy atom. The number of carbonyl (C=O) groups is 1. The van der Waals surface area contributed by atoms with Gasteiger partial charge in [0.1, 0.15) is 5.82 Å². The van der Waals surface area contributed by atoms with Crippen LogP contribution in [0.2, 0.25) is 5.02 Å². The van der Waals surface area contributed by atoms with Crippen LogP contribution in [0.25, 0.3) is 0 Å². The van der Waals surface area contributed by atoms with Gasteiger partial charge in [0.25, 0.3) is 5.91 Å². The van der Waals surface area contributed by atoms with E-state index < -0.39 is 5.82 Å². The number of nitrogens with zero attached hydrogens (tertiary/aromatic N) is 1. The molecule has 0 spiro atoms. The smallest absolute Gasteiger partial charge is 0.253 e. The number of hydrogen-bond donors (Lipinski definition) is 1. The number of halogens is 2. The summed E-state index contributed by atoms with van der Waals surface area (Å²) in [7, 11) is 1.78. The highest BCUT2D eigenvalue weighted by atomic mass is 35.5. The first-order valence-corrected chi connectivity index (χ1v) is 6.40. The summed E-state index contributed by atoms with van der Waals surface area (Å²) in [6.45, 7) is 1.80. The normalized spacial score (nSPS) is 19.6. The molecule has 0 aromatic heterocycles. The van der Waals surface area contributed by atoms with Gasteiger partial charge in [-0.25, -0.2) is 4.39 Å². The molecule has 2 rings (SSSR count). The lowest BCUT2D eigenvalue weighted by atomic mass is 10.1. The Kier molecular flexibility index (Phi) is 4.19. The van der Waals surface area contributed by atoms with E-state index in [0.717, 1.165) is 25.9 Å². The van der Waals surface area contributed by atoms with Gasteiger partial charge in [-0.2, -0.15) is 0 Å². The zero-order chi connectivity index (χ0) is 13.1. The highest BCUT2D eigenvalue weighted by Gasteiger charge is 2.23. The van der Waals surface area contributed by atoms with Crippen molar-refractivity contribution in [3.05, 3.63) is 34.6 Å². The summed E-state index contributed by atoms with van der Waals surface area (Å²) in [6.07, 6.45) is 2.05. The van der Waals surface area contributed by atoms with Gasteiger partial charge in [-0.3, -0.25) is 4.79 Å². The second kappa shape index (κ2) is 5.67. The SMILES string of the molecule is CN(C(=O)c1ccc(F)c(Cl)c1)C1CCCNC1. The number of benzene rings is 1. The van der Waals surface area contributed by atoms with Gasteiger partial charge in [0.2, 0.25) is 0 Å². The number of likely N-dealkylation sites (N-methyl/N-ethyl adjacent to an activating group) is 1. The number of piperidine rings is 1. The van der Waals surface area contributed by atoms with E-state index in [-0.39, 0.29) is 17.0 Å². The number of carbonyl (C=O) groups excluding carboxylic acids is 1. The monoisotopic (exact) mass is 270 g/mol. The van der Waals surface area contributed by atoms with E-state index >= 15 is 0 Å². The van der Waals surface area contributed by atoms with Crippen LogP contribution in [-0.2, 0) is 0 Å². The molecule has 1 aliphatic heterocycles. The number of amides is 1. The largest absolute Gasteiger partial charge is 0.337 e. The maximum Gasteiger partial charge on any atom is 0.253 e. The highest BCUT2D eigenvalue weighted by molar-refractivity contribution is 6.31. The molecule has 0 bridgehead atoms. The van der Waals surface area contributed by atoms with Crippen LogP contribution in [0.15, 0.2) is 18.2 Å². The maximum atomic E-state index is 13.1. The quantitative estimate of drug-likeness (QED) is 0.894. The Hall–Kier alpha value is -1.13. The van der Waals surface area contributed by atoms with Crippen molar-refractivity contribution in [1.82, 2.24) is 10.2 Å². The van der Waals surface area contributed by atoms with Crippen LogP contribution in [0.4, 0.5) is 4.39 Å². The van der Waals surface area contributed by atoms with E-state index in [9.17, 15) is 9.18 Å². The predicted molar refractivity (Wildman–Crippen MR) is 69.4 cm³/mol. The van der Waals surface area contributed by atoms with Crippen molar-refractivity contribution in [2.45, 2.75) is 18.9 Å². The Morgan fingerprint density at radius 1 is 1.56 bits per heavy atom.